The number of thiophene rings is 1. The van der Waals surface area contributed by atoms with Gasteiger partial charge in [-0.3, -0.25) is 0 Å². The monoisotopic (exact) mass is 217 g/mol. The van der Waals surface area contributed by atoms with Gasteiger partial charge in [-0.1, -0.05) is 18.2 Å². The van der Waals surface area contributed by atoms with Crippen molar-refractivity contribution in [1.82, 2.24) is 5.32 Å². The van der Waals surface area contributed by atoms with Crippen LogP contribution in [0, 0.1) is 0 Å². The summed E-state index contributed by atoms with van der Waals surface area (Å²) >= 11 is 1.95. The zero-order chi connectivity index (χ0) is 10.3. The Kier molecular flexibility index (Phi) is 2.26. The molecule has 1 aliphatic rings. The number of rotatable bonds is 3. The lowest BCUT2D eigenvalue weighted by molar-refractivity contribution is 0.821. The summed E-state index contributed by atoms with van der Waals surface area (Å²) < 4.78 is 1.45. The van der Waals surface area contributed by atoms with Crippen molar-refractivity contribution in [3.8, 4) is 0 Å². The molecule has 78 valence electrons. The van der Waals surface area contributed by atoms with Crippen LogP contribution in [-0.2, 0) is 6.54 Å². The molecule has 1 aliphatic carbocycles. The molecule has 2 heteroatoms. The van der Waals surface area contributed by atoms with Crippen LogP contribution in [0.5, 0.6) is 0 Å². The average molecular weight is 217 g/mol. The Labute approximate surface area is 94.1 Å². The molecule has 15 heavy (non-hydrogen) atoms. The highest BCUT2D eigenvalue weighted by molar-refractivity contribution is 7.19. The molecular weight excluding hydrogens is 202 g/mol. The Morgan fingerprint density at radius 1 is 1.33 bits per heavy atom. The molecule has 0 radical (unpaired) electrons. The van der Waals surface area contributed by atoms with Crippen molar-refractivity contribution in [2.75, 3.05) is 7.05 Å². The molecule has 0 spiro atoms. The van der Waals surface area contributed by atoms with Gasteiger partial charge in [0.05, 0.1) is 0 Å². The van der Waals surface area contributed by atoms with Crippen LogP contribution in [0.25, 0.3) is 10.1 Å². The van der Waals surface area contributed by atoms with Crippen molar-refractivity contribution < 1.29 is 0 Å². The number of benzene rings is 1. The van der Waals surface area contributed by atoms with Gasteiger partial charge in [0.25, 0.3) is 0 Å². The van der Waals surface area contributed by atoms with Gasteiger partial charge in [0.15, 0.2) is 0 Å². The molecule has 0 unspecified atom stereocenters. The first-order valence-electron chi connectivity index (χ1n) is 5.55. The zero-order valence-corrected chi connectivity index (χ0v) is 9.73. The fourth-order valence-corrected chi connectivity index (χ4v) is 3.53. The first-order chi connectivity index (χ1) is 7.40. The van der Waals surface area contributed by atoms with Gasteiger partial charge in [0.1, 0.15) is 0 Å². The average Bonchev–Trinajstić information content (AvgIpc) is 3.01. The molecule has 0 amide bonds. The minimum absolute atomic E-state index is 0.851. The van der Waals surface area contributed by atoms with Gasteiger partial charge in [-0.05, 0) is 42.8 Å². The summed E-state index contributed by atoms with van der Waals surface area (Å²) in [5.74, 6) is 0.851. The molecule has 0 saturated heterocycles. The molecule has 3 rings (SSSR count). The standard InChI is InChI=1S/C13H15NS/c1-14-8-12-13(9-6-7-9)10-4-2-3-5-11(10)15-12/h2-5,9,14H,6-8H2,1H3. The summed E-state index contributed by atoms with van der Waals surface area (Å²) in [6.07, 6.45) is 2.77. The summed E-state index contributed by atoms with van der Waals surface area (Å²) in [6.45, 7) is 1.02. The molecule has 0 aliphatic heterocycles. The Bertz CT molecular complexity index is 482. The molecule has 1 aromatic heterocycles. The van der Waals surface area contributed by atoms with Gasteiger partial charge >= 0.3 is 0 Å². The van der Waals surface area contributed by atoms with Gasteiger partial charge in [-0.25, -0.2) is 0 Å². The Hall–Kier alpha value is -0.860. The minimum Gasteiger partial charge on any atom is -0.315 e. The second-order valence-electron chi connectivity index (χ2n) is 4.24. The molecule has 1 aromatic carbocycles. The van der Waals surface area contributed by atoms with Gasteiger partial charge in [-0.2, -0.15) is 0 Å². The van der Waals surface area contributed by atoms with Crippen LogP contribution >= 0.6 is 11.3 Å². The third kappa shape index (κ3) is 1.58. The van der Waals surface area contributed by atoms with Crippen LogP contribution in [0.1, 0.15) is 29.2 Å². The normalized spacial score (nSPS) is 16.1. The minimum atomic E-state index is 0.851. The van der Waals surface area contributed by atoms with Crippen molar-refractivity contribution in [3.63, 3.8) is 0 Å². The molecule has 1 saturated carbocycles. The summed E-state index contributed by atoms with van der Waals surface area (Å²) in [5.41, 5.74) is 1.63. The topological polar surface area (TPSA) is 12.0 Å². The van der Waals surface area contributed by atoms with E-state index in [9.17, 15) is 0 Å². The summed E-state index contributed by atoms with van der Waals surface area (Å²) in [6, 6.07) is 8.81. The fourth-order valence-electron chi connectivity index (χ4n) is 2.23. The highest BCUT2D eigenvalue weighted by atomic mass is 32.1. The van der Waals surface area contributed by atoms with Crippen molar-refractivity contribution in [1.29, 1.82) is 0 Å². The van der Waals surface area contributed by atoms with Crippen LogP contribution in [-0.4, -0.2) is 7.05 Å². The number of nitrogens with one attached hydrogen (secondary N) is 1. The van der Waals surface area contributed by atoms with Gasteiger partial charge in [-0.15, -0.1) is 11.3 Å². The Balaban J connectivity index is 2.19. The highest BCUT2D eigenvalue weighted by Crippen LogP contribution is 2.47. The summed E-state index contributed by atoms with van der Waals surface area (Å²) in [7, 11) is 2.03. The van der Waals surface area contributed by atoms with E-state index in [4.69, 9.17) is 0 Å². The molecule has 0 bridgehead atoms. The third-order valence-electron chi connectivity index (χ3n) is 3.03. The first kappa shape index (κ1) is 9.37. The van der Waals surface area contributed by atoms with Gasteiger partial charge < -0.3 is 5.32 Å². The number of fused-ring (bicyclic) bond motifs is 1. The van der Waals surface area contributed by atoms with E-state index >= 15 is 0 Å². The van der Waals surface area contributed by atoms with Gasteiger partial charge in [0.2, 0.25) is 0 Å². The number of hydrogen-bond donors (Lipinski definition) is 1. The van der Waals surface area contributed by atoms with E-state index in [1.807, 2.05) is 18.4 Å². The molecule has 0 atom stereocenters. The Morgan fingerprint density at radius 3 is 2.87 bits per heavy atom. The van der Waals surface area contributed by atoms with E-state index in [0.717, 1.165) is 12.5 Å². The van der Waals surface area contributed by atoms with Crippen molar-refractivity contribution in [2.45, 2.75) is 25.3 Å². The molecule has 1 heterocycles. The van der Waals surface area contributed by atoms with E-state index in [2.05, 4.69) is 29.6 Å². The van der Waals surface area contributed by atoms with E-state index in [1.165, 1.54) is 22.9 Å². The zero-order valence-electron chi connectivity index (χ0n) is 8.92. The lowest BCUT2D eigenvalue weighted by Crippen LogP contribution is -2.04. The fraction of sp³-hybridized carbons (Fsp3) is 0.385. The van der Waals surface area contributed by atoms with Crippen LogP contribution in [0.4, 0.5) is 0 Å². The highest BCUT2D eigenvalue weighted by Gasteiger charge is 2.28. The second kappa shape index (κ2) is 3.62. The smallest absolute Gasteiger partial charge is 0.0349 e. The maximum atomic E-state index is 3.28. The first-order valence-corrected chi connectivity index (χ1v) is 6.36. The maximum Gasteiger partial charge on any atom is 0.0349 e. The summed E-state index contributed by atoms with van der Waals surface area (Å²) in [5, 5.41) is 4.77. The van der Waals surface area contributed by atoms with Gasteiger partial charge in [0, 0.05) is 16.1 Å². The quantitative estimate of drug-likeness (QED) is 0.829. The third-order valence-corrected chi connectivity index (χ3v) is 4.22. The van der Waals surface area contributed by atoms with E-state index in [-0.39, 0.29) is 0 Å². The lowest BCUT2D eigenvalue weighted by Gasteiger charge is -2.01. The van der Waals surface area contributed by atoms with E-state index < -0.39 is 0 Å². The Morgan fingerprint density at radius 2 is 2.13 bits per heavy atom. The lowest BCUT2D eigenvalue weighted by atomic mass is 10.1. The van der Waals surface area contributed by atoms with Crippen LogP contribution < -0.4 is 5.32 Å². The molecular formula is C13H15NS. The second-order valence-corrected chi connectivity index (χ2v) is 5.38. The van der Waals surface area contributed by atoms with Crippen molar-refractivity contribution in [3.05, 3.63) is 34.7 Å². The van der Waals surface area contributed by atoms with Crippen LogP contribution in [0.3, 0.4) is 0 Å². The molecule has 1 nitrogen and oxygen atoms in total. The SMILES string of the molecule is CNCc1sc2ccccc2c1C1CC1. The predicted octanol–water partition coefficient (Wildman–Crippen LogP) is 3.50. The van der Waals surface area contributed by atoms with Crippen molar-refractivity contribution in [2.24, 2.45) is 0 Å². The predicted molar refractivity (Wildman–Crippen MR) is 66.6 cm³/mol. The molecule has 1 N–H and O–H groups in total. The number of hydrogen-bond acceptors (Lipinski definition) is 2. The van der Waals surface area contributed by atoms with Crippen LogP contribution in [0.2, 0.25) is 0 Å². The van der Waals surface area contributed by atoms with Crippen LogP contribution in [0.15, 0.2) is 24.3 Å². The maximum absolute atomic E-state index is 3.28. The molecule has 2 aromatic rings. The van der Waals surface area contributed by atoms with E-state index in [0.29, 0.717) is 0 Å². The summed E-state index contributed by atoms with van der Waals surface area (Å²) in [4.78, 5) is 1.54. The largest absolute Gasteiger partial charge is 0.315 e. The van der Waals surface area contributed by atoms with E-state index in [1.54, 1.807) is 10.4 Å². The molecule has 1 fully saturated rings. The van der Waals surface area contributed by atoms with Crippen molar-refractivity contribution >= 4 is 21.4 Å².